The summed E-state index contributed by atoms with van der Waals surface area (Å²) >= 11 is 12.3. The molecule has 0 amide bonds. The van der Waals surface area contributed by atoms with E-state index < -0.39 is 0 Å². The van der Waals surface area contributed by atoms with Gasteiger partial charge in [0.1, 0.15) is 5.65 Å². The number of fused-ring (bicyclic) bond motifs is 1. The van der Waals surface area contributed by atoms with Crippen LogP contribution in [0.15, 0.2) is 42.9 Å². The highest BCUT2D eigenvalue weighted by Crippen LogP contribution is 2.34. The molecule has 0 radical (unpaired) electrons. The summed E-state index contributed by atoms with van der Waals surface area (Å²) in [7, 11) is 0. The van der Waals surface area contributed by atoms with Crippen LogP contribution in [0.2, 0.25) is 10.0 Å². The molecule has 2 aromatic heterocycles. The molecule has 0 aliphatic rings. The fourth-order valence-electron chi connectivity index (χ4n) is 2.29. The molecule has 0 aliphatic heterocycles. The molecule has 102 valence electrons. The topological polar surface area (TPSA) is 43.3 Å². The van der Waals surface area contributed by atoms with Crippen molar-refractivity contribution >= 4 is 28.8 Å². The third-order valence-electron chi connectivity index (χ3n) is 3.27. The van der Waals surface area contributed by atoms with Crippen molar-refractivity contribution in [2.24, 2.45) is 5.73 Å². The first-order valence-electron chi connectivity index (χ1n) is 6.24. The summed E-state index contributed by atoms with van der Waals surface area (Å²) in [6, 6.07) is 7.35. The molecule has 0 saturated heterocycles. The molecule has 3 rings (SSSR count). The first-order chi connectivity index (χ1) is 9.56. The molecule has 2 N–H and O–H groups in total. The van der Waals surface area contributed by atoms with Gasteiger partial charge >= 0.3 is 0 Å². The van der Waals surface area contributed by atoms with Gasteiger partial charge in [0.2, 0.25) is 0 Å². The van der Waals surface area contributed by atoms with E-state index in [4.69, 9.17) is 28.9 Å². The molecular weight excluding hydrogens is 293 g/mol. The van der Waals surface area contributed by atoms with Gasteiger partial charge in [0.05, 0.1) is 0 Å². The molecule has 5 heteroatoms. The summed E-state index contributed by atoms with van der Waals surface area (Å²) in [5.41, 5.74) is 9.87. The molecule has 1 unspecified atom stereocenters. The van der Waals surface area contributed by atoms with Gasteiger partial charge in [0.25, 0.3) is 0 Å². The van der Waals surface area contributed by atoms with Crippen LogP contribution >= 0.6 is 23.2 Å². The average Bonchev–Trinajstić information content (AvgIpc) is 2.84. The van der Waals surface area contributed by atoms with Crippen LogP contribution in [0.1, 0.15) is 18.5 Å². The maximum Gasteiger partial charge on any atom is 0.136 e. The molecule has 3 nitrogen and oxygen atoms in total. The van der Waals surface area contributed by atoms with Gasteiger partial charge in [-0.1, -0.05) is 29.3 Å². The van der Waals surface area contributed by atoms with Crippen LogP contribution in [-0.2, 0) is 0 Å². The zero-order valence-corrected chi connectivity index (χ0v) is 12.4. The van der Waals surface area contributed by atoms with Gasteiger partial charge < -0.3 is 10.1 Å². The number of nitrogens with two attached hydrogens (primary N) is 1. The first-order valence-corrected chi connectivity index (χ1v) is 6.99. The lowest BCUT2D eigenvalue weighted by Gasteiger charge is -2.15. The van der Waals surface area contributed by atoms with E-state index in [-0.39, 0.29) is 6.04 Å². The Morgan fingerprint density at radius 1 is 1.20 bits per heavy atom. The van der Waals surface area contributed by atoms with Gasteiger partial charge in [0.15, 0.2) is 0 Å². The second-order valence-electron chi connectivity index (χ2n) is 4.75. The molecule has 3 aromatic rings. The maximum atomic E-state index is 6.32. The van der Waals surface area contributed by atoms with Gasteiger partial charge in [-0.2, -0.15) is 0 Å². The second-order valence-corrected chi connectivity index (χ2v) is 5.59. The predicted octanol–water partition coefficient (Wildman–Crippen LogP) is 4.33. The van der Waals surface area contributed by atoms with Crippen molar-refractivity contribution in [2.75, 3.05) is 0 Å². The fourth-order valence-corrected chi connectivity index (χ4v) is 2.80. The number of imidazole rings is 1. The van der Waals surface area contributed by atoms with Crippen LogP contribution in [0.4, 0.5) is 0 Å². The van der Waals surface area contributed by atoms with Crippen LogP contribution in [-0.4, -0.2) is 9.38 Å². The Hall–Kier alpha value is -1.55. The Morgan fingerprint density at radius 3 is 2.70 bits per heavy atom. The number of pyridine rings is 1. The van der Waals surface area contributed by atoms with Crippen molar-refractivity contribution in [1.29, 1.82) is 0 Å². The highest BCUT2D eigenvalue weighted by molar-refractivity contribution is 6.36. The predicted molar refractivity (Wildman–Crippen MR) is 83.3 cm³/mol. The van der Waals surface area contributed by atoms with Gasteiger partial charge in [-0.3, -0.25) is 0 Å². The molecule has 0 aliphatic carbocycles. The number of hydrogen-bond donors (Lipinski definition) is 1. The van der Waals surface area contributed by atoms with Crippen LogP contribution in [0, 0.1) is 0 Å². The Kier molecular flexibility index (Phi) is 3.42. The summed E-state index contributed by atoms with van der Waals surface area (Å²) in [6.07, 6.45) is 5.65. The summed E-state index contributed by atoms with van der Waals surface area (Å²) in [5.74, 6) is 0. The molecular formula is C15H13Cl2N3. The molecule has 0 spiro atoms. The Balaban J connectivity index is 2.30. The zero-order chi connectivity index (χ0) is 14.3. The lowest BCUT2D eigenvalue weighted by molar-refractivity contribution is 0.818. The number of aromatic nitrogens is 2. The highest BCUT2D eigenvalue weighted by Gasteiger charge is 2.14. The van der Waals surface area contributed by atoms with E-state index in [0.29, 0.717) is 10.0 Å². The lowest BCUT2D eigenvalue weighted by atomic mass is 9.98. The Labute approximate surface area is 127 Å². The van der Waals surface area contributed by atoms with E-state index >= 15 is 0 Å². The van der Waals surface area contributed by atoms with Gasteiger partial charge in [-0.25, -0.2) is 4.98 Å². The van der Waals surface area contributed by atoms with Gasteiger partial charge in [0, 0.05) is 45.8 Å². The second kappa shape index (κ2) is 5.09. The standard InChI is InChI=1S/C15H13Cl2N3/c1-9(18)12-7-15-19-4-5-20(15)8-13(12)11-3-2-10(16)6-14(11)17/h2-9H,18H2,1H3. The summed E-state index contributed by atoms with van der Waals surface area (Å²) < 4.78 is 1.95. The molecule has 0 saturated carbocycles. The first kappa shape index (κ1) is 13.4. The van der Waals surface area contributed by atoms with Crippen molar-refractivity contribution in [3.8, 4) is 11.1 Å². The maximum absolute atomic E-state index is 6.32. The molecule has 20 heavy (non-hydrogen) atoms. The summed E-state index contributed by atoms with van der Waals surface area (Å²) in [4.78, 5) is 4.29. The van der Waals surface area contributed by atoms with E-state index in [1.54, 1.807) is 12.3 Å². The Bertz CT molecular complexity index is 778. The minimum Gasteiger partial charge on any atom is -0.324 e. The number of halogens is 2. The monoisotopic (exact) mass is 305 g/mol. The van der Waals surface area contributed by atoms with Crippen molar-refractivity contribution in [2.45, 2.75) is 13.0 Å². The van der Waals surface area contributed by atoms with E-state index in [1.165, 1.54) is 0 Å². The van der Waals surface area contributed by atoms with Crippen LogP contribution < -0.4 is 5.73 Å². The fraction of sp³-hybridized carbons (Fsp3) is 0.133. The lowest BCUT2D eigenvalue weighted by Crippen LogP contribution is -2.08. The Morgan fingerprint density at radius 2 is 2.00 bits per heavy atom. The van der Waals surface area contributed by atoms with Crippen molar-refractivity contribution in [3.63, 3.8) is 0 Å². The number of hydrogen-bond acceptors (Lipinski definition) is 2. The zero-order valence-electron chi connectivity index (χ0n) is 10.8. The van der Waals surface area contributed by atoms with Crippen LogP contribution in [0.3, 0.4) is 0 Å². The molecule has 1 aromatic carbocycles. The van der Waals surface area contributed by atoms with Crippen molar-refractivity contribution in [1.82, 2.24) is 9.38 Å². The minimum atomic E-state index is -0.113. The summed E-state index contributed by atoms with van der Waals surface area (Å²) in [5, 5.41) is 1.23. The van der Waals surface area contributed by atoms with Gasteiger partial charge in [-0.05, 0) is 30.7 Å². The van der Waals surface area contributed by atoms with Gasteiger partial charge in [-0.15, -0.1) is 0 Å². The number of rotatable bonds is 2. The van der Waals surface area contributed by atoms with Crippen LogP contribution in [0.5, 0.6) is 0 Å². The number of benzene rings is 1. The van der Waals surface area contributed by atoms with E-state index in [2.05, 4.69) is 4.98 Å². The molecule has 0 fully saturated rings. The SMILES string of the molecule is CC(N)c1cc2nccn2cc1-c1ccc(Cl)cc1Cl. The smallest absolute Gasteiger partial charge is 0.136 e. The normalized spacial score (nSPS) is 12.8. The summed E-state index contributed by atoms with van der Waals surface area (Å²) in [6.45, 7) is 1.95. The molecule has 0 bridgehead atoms. The quantitative estimate of drug-likeness (QED) is 0.766. The van der Waals surface area contributed by atoms with Crippen molar-refractivity contribution < 1.29 is 0 Å². The van der Waals surface area contributed by atoms with Crippen molar-refractivity contribution in [3.05, 3.63) is 58.5 Å². The highest BCUT2D eigenvalue weighted by atomic mass is 35.5. The van der Waals surface area contributed by atoms with E-state index in [0.717, 1.165) is 22.3 Å². The molecule has 1 atom stereocenters. The van der Waals surface area contributed by atoms with E-state index in [1.807, 2.05) is 41.9 Å². The molecule has 2 heterocycles. The average molecular weight is 306 g/mol. The minimum absolute atomic E-state index is 0.113. The third kappa shape index (κ3) is 2.29. The number of nitrogens with zero attached hydrogens (tertiary/aromatic N) is 2. The third-order valence-corrected chi connectivity index (χ3v) is 3.82. The van der Waals surface area contributed by atoms with Crippen LogP contribution in [0.25, 0.3) is 16.8 Å². The van der Waals surface area contributed by atoms with E-state index in [9.17, 15) is 0 Å². The largest absolute Gasteiger partial charge is 0.324 e.